The van der Waals surface area contributed by atoms with Crippen LogP contribution in [0.2, 0.25) is 5.02 Å². The molecule has 0 aliphatic heterocycles. The molecule has 3 rings (SSSR count). The van der Waals surface area contributed by atoms with Crippen molar-refractivity contribution in [2.24, 2.45) is 0 Å². The Morgan fingerprint density at radius 1 is 1.05 bits per heavy atom. The summed E-state index contributed by atoms with van der Waals surface area (Å²) in [6.07, 6.45) is 0. The van der Waals surface area contributed by atoms with Crippen molar-refractivity contribution in [3.8, 4) is 11.3 Å². The fourth-order valence-electron chi connectivity index (χ4n) is 2.26. The van der Waals surface area contributed by atoms with Gasteiger partial charge in [-0.1, -0.05) is 35.9 Å². The van der Waals surface area contributed by atoms with E-state index in [1.165, 1.54) is 5.56 Å². The number of halogens is 1. The molecule has 2 aromatic carbocycles. The number of furan rings is 1. The molecule has 102 valence electrons. The lowest BCUT2D eigenvalue weighted by Gasteiger charge is -2.10. The van der Waals surface area contributed by atoms with Crippen LogP contribution in [0.5, 0.6) is 0 Å². The van der Waals surface area contributed by atoms with Crippen molar-refractivity contribution in [2.45, 2.75) is 13.0 Å². The van der Waals surface area contributed by atoms with Crippen molar-refractivity contribution >= 4 is 22.6 Å². The number of hydrogen-bond donors (Lipinski definition) is 1. The normalized spacial score (nSPS) is 12.8. The van der Waals surface area contributed by atoms with Crippen LogP contribution in [-0.2, 0) is 0 Å². The van der Waals surface area contributed by atoms with Gasteiger partial charge in [0.1, 0.15) is 11.3 Å². The maximum absolute atomic E-state index is 6.00. The summed E-state index contributed by atoms with van der Waals surface area (Å²) >= 11 is 6.00. The van der Waals surface area contributed by atoms with E-state index in [1.807, 2.05) is 31.3 Å². The largest absolute Gasteiger partial charge is 0.456 e. The first-order chi connectivity index (χ1) is 9.67. The van der Waals surface area contributed by atoms with Crippen LogP contribution in [0.1, 0.15) is 18.5 Å². The van der Waals surface area contributed by atoms with Crippen molar-refractivity contribution in [1.82, 2.24) is 5.32 Å². The Balaban J connectivity index is 1.98. The van der Waals surface area contributed by atoms with Crippen LogP contribution in [0.3, 0.4) is 0 Å². The number of rotatable bonds is 3. The fourth-order valence-corrected chi connectivity index (χ4v) is 2.44. The Morgan fingerprint density at radius 2 is 1.80 bits per heavy atom. The molecule has 0 amide bonds. The minimum atomic E-state index is 0.346. The van der Waals surface area contributed by atoms with Gasteiger partial charge in [-0.25, -0.2) is 0 Å². The topological polar surface area (TPSA) is 25.2 Å². The summed E-state index contributed by atoms with van der Waals surface area (Å²) in [5, 5.41) is 4.98. The highest BCUT2D eigenvalue weighted by molar-refractivity contribution is 6.31. The van der Waals surface area contributed by atoms with Gasteiger partial charge >= 0.3 is 0 Å². The van der Waals surface area contributed by atoms with Gasteiger partial charge in [0.2, 0.25) is 0 Å². The second-order valence-electron chi connectivity index (χ2n) is 4.93. The average Bonchev–Trinajstić information content (AvgIpc) is 2.89. The summed E-state index contributed by atoms with van der Waals surface area (Å²) in [5.41, 5.74) is 3.19. The fraction of sp³-hybridized carbons (Fsp3) is 0.176. The van der Waals surface area contributed by atoms with E-state index in [-0.39, 0.29) is 0 Å². The summed E-state index contributed by atoms with van der Waals surface area (Å²) in [4.78, 5) is 0. The number of benzene rings is 2. The summed E-state index contributed by atoms with van der Waals surface area (Å²) < 4.78 is 5.86. The quantitative estimate of drug-likeness (QED) is 0.730. The Morgan fingerprint density at radius 3 is 2.50 bits per heavy atom. The Hall–Kier alpha value is -1.77. The maximum Gasteiger partial charge on any atom is 0.135 e. The van der Waals surface area contributed by atoms with Crippen LogP contribution in [-0.4, -0.2) is 7.05 Å². The van der Waals surface area contributed by atoms with E-state index >= 15 is 0 Å². The summed E-state index contributed by atoms with van der Waals surface area (Å²) in [6.45, 7) is 2.14. The first-order valence-corrected chi connectivity index (χ1v) is 7.02. The summed E-state index contributed by atoms with van der Waals surface area (Å²) in [5.74, 6) is 0.867. The van der Waals surface area contributed by atoms with Gasteiger partial charge in [0.25, 0.3) is 0 Å². The van der Waals surface area contributed by atoms with Gasteiger partial charge in [-0.2, -0.15) is 0 Å². The summed E-state index contributed by atoms with van der Waals surface area (Å²) in [6, 6.07) is 16.4. The molecule has 0 fully saturated rings. The van der Waals surface area contributed by atoms with Crippen LogP contribution >= 0.6 is 11.6 Å². The van der Waals surface area contributed by atoms with Crippen LogP contribution in [0, 0.1) is 0 Å². The Bertz CT molecular complexity index is 730. The molecule has 0 bridgehead atoms. The van der Waals surface area contributed by atoms with Gasteiger partial charge in [-0.15, -0.1) is 0 Å². The number of nitrogens with one attached hydrogen (secondary N) is 1. The molecule has 0 saturated carbocycles. The number of fused-ring (bicyclic) bond motifs is 1. The molecule has 0 spiro atoms. The first-order valence-electron chi connectivity index (χ1n) is 6.64. The van der Waals surface area contributed by atoms with E-state index < -0.39 is 0 Å². The zero-order chi connectivity index (χ0) is 14.1. The minimum Gasteiger partial charge on any atom is -0.456 e. The van der Waals surface area contributed by atoms with E-state index in [9.17, 15) is 0 Å². The molecule has 0 aliphatic rings. The molecule has 1 aromatic heterocycles. The predicted molar refractivity (Wildman–Crippen MR) is 84.1 cm³/mol. The molecule has 1 heterocycles. The van der Waals surface area contributed by atoms with Gasteiger partial charge in [0, 0.05) is 22.0 Å². The smallest absolute Gasteiger partial charge is 0.135 e. The van der Waals surface area contributed by atoms with E-state index in [0.29, 0.717) is 6.04 Å². The molecule has 0 saturated heterocycles. The molecule has 0 aliphatic carbocycles. The van der Waals surface area contributed by atoms with Gasteiger partial charge in [-0.05, 0) is 43.8 Å². The lowest BCUT2D eigenvalue weighted by molar-refractivity contribution is 0.630. The third-order valence-corrected chi connectivity index (χ3v) is 3.84. The average molecular weight is 286 g/mol. The molecule has 1 atom stereocenters. The molecular formula is C17H16ClNO. The lowest BCUT2D eigenvalue weighted by Crippen LogP contribution is -2.11. The molecule has 3 heteroatoms. The number of hydrogen-bond acceptors (Lipinski definition) is 2. The first kappa shape index (κ1) is 13.2. The SMILES string of the molecule is CNC(C)c1ccc(-c2cc3cc(Cl)ccc3o2)cc1. The van der Waals surface area contributed by atoms with Crippen molar-refractivity contribution in [2.75, 3.05) is 7.05 Å². The summed E-state index contributed by atoms with van der Waals surface area (Å²) in [7, 11) is 1.96. The van der Waals surface area contributed by atoms with Crippen LogP contribution < -0.4 is 5.32 Å². The van der Waals surface area contributed by atoms with E-state index in [4.69, 9.17) is 16.0 Å². The third kappa shape index (κ3) is 2.45. The van der Waals surface area contributed by atoms with Crippen molar-refractivity contribution < 1.29 is 4.42 Å². The van der Waals surface area contributed by atoms with Gasteiger partial charge < -0.3 is 9.73 Å². The van der Waals surface area contributed by atoms with Crippen LogP contribution in [0.15, 0.2) is 52.9 Å². The Labute approximate surface area is 123 Å². The van der Waals surface area contributed by atoms with Crippen molar-refractivity contribution in [1.29, 1.82) is 0 Å². The van der Waals surface area contributed by atoms with E-state index in [0.717, 1.165) is 27.3 Å². The molecule has 1 unspecified atom stereocenters. The van der Waals surface area contributed by atoms with Gasteiger partial charge in [-0.3, -0.25) is 0 Å². The second-order valence-corrected chi connectivity index (χ2v) is 5.36. The minimum absolute atomic E-state index is 0.346. The zero-order valence-corrected chi connectivity index (χ0v) is 12.2. The highest BCUT2D eigenvalue weighted by Gasteiger charge is 2.08. The monoisotopic (exact) mass is 285 g/mol. The van der Waals surface area contributed by atoms with Crippen molar-refractivity contribution in [3.63, 3.8) is 0 Å². The van der Waals surface area contributed by atoms with E-state index in [1.54, 1.807) is 0 Å². The molecular weight excluding hydrogens is 270 g/mol. The highest BCUT2D eigenvalue weighted by Crippen LogP contribution is 2.30. The van der Waals surface area contributed by atoms with Crippen molar-refractivity contribution in [3.05, 3.63) is 59.1 Å². The van der Waals surface area contributed by atoms with Crippen LogP contribution in [0.25, 0.3) is 22.3 Å². The third-order valence-electron chi connectivity index (χ3n) is 3.61. The lowest BCUT2D eigenvalue weighted by atomic mass is 10.1. The van der Waals surface area contributed by atoms with Gasteiger partial charge in [0.15, 0.2) is 0 Å². The maximum atomic E-state index is 6.00. The van der Waals surface area contributed by atoms with Gasteiger partial charge in [0.05, 0.1) is 0 Å². The molecule has 3 aromatic rings. The molecule has 1 N–H and O–H groups in total. The Kier molecular flexibility index (Phi) is 3.51. The predicted octanol–water partition coefficient (Wildman–Crippen LogP) is 5.03. The molecule has 0 radical (unpaired) electrons. The zero-order valence-electron chi connectivity index (χ0n) is 11.5. The standard InChI is InChI=1S/C17H16ClNO/c1-11(19-2)12-3-5-13(6-4-12)17-10-14-9-15(18)7-8-16(14)20-17/h3-11,19H,1-2H3. The highest BCUT2D eigenvalue weighted by atomic mass is 35.5. The van der Waals surface area contributed by atoms with Crippen LogP contribution in [0.4, 0.5) is 0 Å². The molecule has 2 nitrogen and oxygen atoms in total. The van der Waals surface area contributed by atoms with E-state index in [2.05, 4.69) is 36.5 Å². The second kappa shape index (κ2) is 5.31. The molecule has 20 heavy (non-hydrogen) atoms.